The van der Waals surface area contributed by atoms with Gasteiger partial charge in [-0.15, -0.1) is 11.3 Å². The zero-order valence-electron chi connectivity index (χ0n) is 7.51. The van der Waals surface area contributed by atoms with Crippen molar-refractivity contribution in [3.8, 4) is 0 Å². The highest BCUT2D eigenvalue weighted by Crippen LogP contribution is 2.20. The van der Waals surface area contributed by atoms with Gasteiger partial charge in [0, 0.05) is 9.75 Å². The second kappa shape index (κ2) is 3.72. The predicted octanol–water partition coefficient (Wildman–Crippen LogP) is 2.54. The van der Waals surface area contributed by atoms with Crippen LogP contribution in [0.2, 0.25) is 0 Å². The first kappa shape index (κ1) is 9.26. The lowest BCUT2D eigenvalue weighted by molar-refractivity contribution is 0.0526. The molecule has 0 aromatic carbocycles. The molecule has 1 heterocycles. The summed E-state index contributed by atoms with van der Waals surface area (Å²) in [6.45, 7) is 6.17. The van der Waals surface area contributed by atoms with Gasteiger partial charge in [-0.2, -0.15) is 0 Å². The van der Waals surface area contributed by atoms with Crippen molar-refractivity contribution < 1.29 is 9.53 Å². The number of rotatable bonds is 2. The summed E-state index contributed by atoms with van der Waals surface area (Å²) in [6.07, 6.45) is 0. The van der Waals surface area contributed by atoms with Gasteiger partial charge in [0.05, 0.1) is 12.2 Å². The van der Waals surface area contributed by atoms with E-state index in [9.17, 15) is 4.79 Å². The predicted molar refractivity (Wildman–Crippen MR) is 49.7 cm³/mol. The van der Waals surface area contributed by atoms with E-state index in [-0.39, 0.29) is 5.97 Å². The largest absolute Gasteiger partial charge is 0.462 e. The summed E-state index contributed by atoms with van der Waals surface area (Å²) < 4.78 is 4.89. The van der Waals surface area contributed by atoms with Crippen LogP contribution in [0, 0.1) is 13.8 Å². The lowest BCUT2D eigenvalue weighted by atomic mass is 10.2. The van der Waals surface area contributed by atoms with Crippen molar-refractivity contribution in [2.75, 3.05) is 6.61 Å². The van der Waals surface area contributed by atoms with Gasteiger partial charge < -0.3 is 4.74 Å². The quantitative estimate of drug-likeness (QED) is 0.660. The average molecular weight is 184 g/mol. The van der Waals surface area contributed by atoms with Crippen LogP contribution in [0.3, 0.4) is 0 Å². The Bertz CT molecular complexity index is 289. The zero-order chi connectivity index (χ0) is 9.14. The molecular formula is C9H12O2S. The third-order valence-electron chi connectivity index (χ3n) is 1.54. The molecule has 0 radical (unpaired) electrons. The molecule has 0 aliphatic rings. The van der Waals surface area contributed by atoms with Gasteiger partial charge in [0.25, 0.3) is 0 Å². The van der Waals surface area contributed by atoms with Crippen molar-refractivity contribution in [1.29, 1.82) is 0 Å². The van der Waals surface area contributed by atoms with Gasteiger partial charge in [-0.05, 0) is 26.8 Å². The fourth-order valence-electron chi connectivity index (χ4n) is 1.04. The monoisotopic (exact) mass is 184 g/mol. The van der Waals surface area contributed by atoms with Crippen molar-refractivity contribution in [3.63, 3.8) is 0 Å². The molecule has 1 aromatic heterocycles. The molecule has 0 saturated heterocycles. The summed E-state index contributed by atoms with van der Waals surface area (Å²) in [4.78, 5) is 13.4. The fourth-order valence-corrected chi connectivity index (χ4v) is 1.95. The van der Waals surface area contributed by atoms with Crippen molar-refractivity contribution in [2.24, 2.45) is 0 Å². The van der Waals surface area contributed by atoms with E-state index in [1.165, 1.54) is 0 Å². The van der Waals surface area contributed by atoms with Crippen LogP contribution in [-0.4, -0.2) is 12.6 Å². The third kappa shape index (κ3) is 1.85. The smallest absolute Gasteiger partial charge is 0.339 e. The van der Waals surface area contributed by atoms with Crippen LogP contribution in [-0.2, 0) is 4.74 Å². The molecule has 0 atom stereocenters. The molecular weight excluding hydrogens is 172 g/mol. The summed E-state index contributed by atoms with van der Waals surface area (Å²) in [5.41, 5.74) is 0.708. The highest BCUT2D eigenvalue weighted by Gasteiger charge is 2.11. The molecule has 12 heavy (non-hydrogen) atoms. The van der Waals surface area contributed by atoms with E-state index in [1.54, 1.807) is 11.3 Å². The average Bonchev–Trinajstić information content (AvgIpc) is 2.30. The van der Waals surface area contributed by atoms with Crippen LogP contribution in [0.15, 0.2) is 6.07 Å². The van der Waals surface area contributed by atoms with Gasteiger partial charge in [-0.3, -0.25) is 0 Å². The first-order valence-corrected chi connectivity index (χ1v) is 4.71. The number of carbonyl (C=O) groups excluding carboxylic acids is 1. The van der Waals surface area contributed by atoms with E-state index in [1.807, 2.05) is 26.8 Å². The molecule has 0 amide bonds. The summed E-state index contributed by atoms with van der Waals surface area (Å²) in [7, 11) is 0. The molecule has 0 N–H and O–H groups in total. The third-order valence-corrected chi connectivity index (χ3v) is 2.50. The maximum absolute atomic E-state index is 11.3. The zero-order valence-corrected chi connectivity index (χ0v) is 8.33. The van der Waals surface area contributed by atoms with Gasteiger partial charge in [0.15, 0.2) is 0 Å². The topological polar surface area (TPSA) is 26.3 Å². The summed E-state index contributed by atoms with van der Waals surface area (Å²) in [5.74, 6) is -0.209. The number of esters is 1. The first-order chi connectivity index (χ1) is 5.65. The Labute approximate surface area is 76.2 Å². The van der Waals surface area contributed by atoms with E-state index in [2.05, 4.69) is 0 Å². The van der Waals surface area contributed by atoms with Gasteiger partial charge >= 0.3 is 5.97 Å². The lowest BCUT2D eigenvalue weighted by Gasteiger charge is -1.98. The summed E-state index contributed by atoms with van der Waals surface area (Å²) >= 11 is 1.62. The highest BCUT2D eigenvalue weighted by atomic mass is 32.1. The molecule has 0 unspecified atom stereocenters. The Hall–Kier alpha value is -0.830. The molecule has 0 aliphatic heterocycles. The maximum atomic E-state index is 11.3. The Kier molecular flexibility index (Phi) is 2.87. The normalized spacial score (nSPS) is 9.92. The van der Waals surface area contributed by atoms with E-state index >= 15 is 0 Å². The van der Waals surface area contributed by atoms with Crippen LogP contribution in [0.4, 0.5) is 0 Å². The maximum Gasteiger partial charge on any atom is 0.339 e. The Balaban J connectivity index is 2.87. The van der Waals surface area contributed by atoms with Crippen LogP contribution < -0.4 is 0 Å². The highest BCUT2D eigenvalue weighted by molar-refractivity contribution is 7.12. The second-order valence-corrected chi connectivity index (χ2v) is 4.01. The molecule has 66 valence electrons. The van der Waals surface area contributed by atoms with E-state index in [0.717, 1.165) is 9.75 Å². The molecule has 0 saturated carbocycles. The number of ether oxygens (including phenoxy) is 1. The van der Waals surface area contributed by atoms with Crippen molar-refractivity contribution in [3.05, 3.63) is 21.4 Å². The molecule has 0 fully saturated rings. The molecule has 2 nitrogen and oxygen atoms in total. The number of hydrogen-bond donors (Lipinski definition) is 0. The standard InChI is InChI=1S/C9H12O2S/c1-4-11-9(10)8-5-6(2)12-7(8)3/h5H,4H2,1-3H3. The Morgan fingerprint density at radius 3 is 2.67 bits per heavy atom. The second-order valence-electron chi connectivity index (χ2n) is 2.55. The number of thiophene rings is 1. The molecule has 0 aliphatic carbocycles. The Morgan fingerprint density at radius 1 is 1.58 bits per heavy atom. The summed E-state index contributed by atoms with van der Waals surface area (Å²) in [5, 5.41) is 0. The minimum absolute atomic E-state index is 0.209. The van der Waals surface area contributed by atoms with Crippen molar-refractivity contribution in [1.82, 2.24) is 0 Å². The molecule has 0 bridgehead atoms. The van der Waals surface area contributed by atoms with E-state index in [4.69, 9.17) is 4.74 Å². The van der Waals surface area contributed by atoms with Crippen LogP contribution in [0.25, 0.3) is 0 Å². The van der Waals surface area contributed by atoms with Gasteiger partial charge in [0.2, 0.25) is 0 Å². The minimum atomic E-state index is -0.209. The SMILES string of the molecule is CCOC(=O)c1cc(C)sc1C. The lowest BCUT2D eigenvalue weighted by Crippen LogP contribution is -2.04. The van der Waals surface area contributed by atoms with Crippen LogP contribution in [0.1, 0.15) is 27.0 Å². The fraction of sp³-hybridized carbons (Fsp3) is 0.444. The van der Waals surface area contributed by atoms with E-state index in [0.29, 0.717) is 12.2 Å². The first-order valence-electron chi connectivity index (χ1n) is 3.89. The van der Waals surface area contributed by atoms with Gasteiger partial charge in [-0.1, -0.05) is 0 Å². The molecule has 0 spiro atoms. The Morgan fingerprint density at radius 2 is 2.25 bits per heavy atom. The van der Waals surface area contributed by atoms with Crippen molar-refractivity contribution >= 4 is 17.3 Å². The van der Waals surface area contributed by atoms with Gasteiger partial charge in [-0.25, -0.2) is 4.79 Å². The number of aryl methyl sites for hydroxylation is 2. The molecule has 1 aromatic rings. The van der Waals surface area contributed by atoms with Crippen LogP contribution >= 0.6 is 11.3 Å². The van der Waals surface area contributed by atoms with E-state index < -0.39 is 0 Å². The van der Waals surface area contributed by atoms with Gasteiger partial charge in [0.1, 0.15) is 0 Å². The number of carbonyl (C=O) groups is 1. The molecule has 3 heteroatoms. The van der Waals surface area contributed by atoms with Crippen molar-refractivity contribution in [2.45, 2.75) is 20.8 Å². The minimum Gasteiger partial charge on any atom is -0.462 e. The summed E-state index contributed by atoms with van der Waals surface area (Å²) in [6, 6.07) is 1.87. The molecule has 1 rings (SSSR count). The van der Waals surface area contributed by atoms with Crippen LogP contribution in [0.5, 0.6) is 0 Å². The number of hydrogen-bond acceptors (Lipinski definition) is 3.